The molecule has 13 heavy (non-hydrogen) atoms. The first-order valence-corrected chi connectivity index (χ1v) is 4.79. The number of allylic oxidation sites excluding steroid dienone is 1. The van der Waals surface area contributed by atoms with Crippen molar-refractivity contribution in [1.29, 1.82) is 0 Å². The lowest BCUT2D eigenvalue weighted by Crippen LogP contribution is -2.33. The molecule has 1 heterocycles. The van der Waals surface area contributed by atoms with Crippen LogP contribution in [0.15, 0.2) is 16.6 Å². The fourth-order valence-electron chi connectivity index (χ4n) is 1.80. The van der Waals surface area contributed by atoms with Crippen molar-refractivity contribution < 1.29 is 4.79 Å². The highest BCUT2D eigenvalue weighted by Crippen LogP contribution is 2.19. The Morgan fingerprint density at radius 2 is 2.31 bits per heavy atom. The second-order valence-electron chi connectivity index (χ2n) is 3.67. The second kappa shape index (κ2) is 3.32. The summed E-state index contributed by atoms with van der Waals surface area (Å²) in [5.74, 6) is 0. The van der Waals surface area contributed by atoms with Gasteiger partial charge in [0.15, 0.2) is 0 Å². The Morgan fingerprint density at radius 1 is 1.46 bits per heavy atom. The van der Waals surface area contributed by atoms with E-state index < -0.39 is 0 Å². The number of carbonyl (C=O) groups is 1. The van der Waals surface area contributed by atoms with E-state index in [0.29, 0.717) is 0 Å². The molecular weight excluding hydrogens is 164 g/mol. The molecule has 0 bridgehead atoms. The van der Waals surface area contributed by atoms with E-state index in [9.17, 15) is 4.79 Å². The minimum atomic E-state index is -0.0888. The van der Waals surface area contributed by atoms with Crippen molar-refractivity contribution >= 4 is 11.7 Å². The summed E-state index contributed by atoms with van der Waals surface area (Å²) in [5, 5.41) is 0. The van der Waals surface area contributed by atoms with Crippen molar-refractivity contribution in [2.75, 3.05) is 13.6 Å². The van der Waals surface area contributed by atoms with E-state index in [1.54, 1.807) is 11.9 Å². The van der Waals surface area contributed by atoms with Gasteiger partial charge in [-0.25, -0.2) is 4.79 Å². The number of likely N-dealkylation sites (N-methyl/N-ethyl adjacent to an activating group) is 1. The molecule has 0 unspecified atom stereocenters. The smallest absolute Gasteiger partial charge is 0.322 e. The van der Waals surface area contributed by atoms with Crippen LogP contribution in [0.1, 0.15) is 25.7 Å². The summed E-state index contributed by atoms with van der Waals surface area (Å²) in [6, 6.07) is -0.0888. The van der Waals surface area contributed by atoms with Crippen LogP contribution in [-0.2, 0) is 0 Å². The van der Waals surface area contributed by atoms with E-state index >= 15 is 0 Å². The van der Waals surface area contributed by atoms with Gasteiger partial charge in [-0.3, -0.25) is 0 Å². The molecule has 0 aromatic heterocycles. The number of nitrogens with zero attached hydrogens (tertiary/aromatic N) is 2. The standard InChI is InChI=1S/C10H14N2O/c1-12-7-8-5-3-2-4-6-9(8)11-10(12)13/h5H,2-4,6-7H2,1H3. The SMILES string of the molecule is CN1CC2=CCCCCC2=NC1=O. The zero-order valence-electron chi connectivity index (χ0n) is 7.92. The first-order valence-electron chi connectivity index (χ1n) is 4.79. The fraction of sp³-hybridized carbons (Fsp3) is 0.600. The van der Waals surface area contributed by atoms with Gasteiger partial charge in [0, 0.05) is 13.6 Å². The van der Waals surface area contributed by atoms with E-state index in [1.165, 1.54) is 12.0 Å². The fourth-order valence-corrected chi connectivity index (χ4v) is 1.80. The summed E-state index contributed by atoms with van der Waals surface area (Å²) in [7, 11) is 1.80. The van der Waals surface area contributed by atoms with Crippen molar-refractivity contribution in [3.05, 3.63) is 11.6 Å². The first-order chi connectivity index (χ1) is 6.27. The summed E-state index contributed by atoms with van der Waals surface area (Å²) in [6.07, 6.45) is 6.73. The molecule has 0 fully saturated rings. The lowest BCUT2D eigenvalue weighted by atomic mass is 10.1. The van der Waals surface area contributed by atoms with Gasteiger partial charge in [-0.15, -0.1) is 0 Å². The van der Waals surface area contributed by atoms with E-state index in [1.807, 2.05) is 0 Å². The zero-order chi connectivity index (χ0) is 9.26. The zero-order valence-corrected chi connectivity index (χ0v) is 7.92. The number of fused-ring (bicyclic) bond motifs is 1. The van der Waals surface area contributed by atoms with Crippen molar-refractivity contribution in [3.8, 4) is 0 Å². The molecule has 0 saturated carbocycles. The third kappa shape index (κ3) is 1.64. The quantitative estimate of drug-likeness (QED) is 0.558. The number of amides is 2. The maximum atomic E-state index is 11.3. The molecule has 0 radical (unpaired) electrons. The van der Waals surface area contributed by atoms with Gasteiger partial charge >= 0.3 is 6.03 Å². The molecule has 0 N–H and O–H groups in total. The molecule has 0 aromatic rings. The summed E-state index contributed by atoms with van der Waals surface area (Å²) in [6.45, 7) is 0.748. The predicted octanol–water partition coefficient (Wildman–Crippen LogP) is 1.99. The Kier molecular flexibility index (Phi) is 2.17. The third-order valence-electron chi connectivity index (χ3n) is 2.59. The normalized spacial score (nSPS) is 23.2. The molecule has 2 aliphatic rings. The average Bonchev–Trinajstić information content (AvgIpc) is 2.31. The van der Waals surface area contributed by atoms with Gasteiger partial charge in [0.1, 0.15) is 0 Å². The van der Waals surface area contributed by atoms with Crippen molar-refractivity contribution in [2.45, 2.75) is 25.7 Å². The Labute approximate surface area is 78.1 Å². The molecule has 1 aliphatic heterocycles. The van der Waals surface area contributed by atoms with Crippen LogP contribution >= 0.6 is 0 Å². The number of aliphatic imine (C=N–C) groups is 1. The summed E-state index contributed by atoms with van der Waals surface area (Å²) in [5.41, 5.74) is 2.29. The second-order valence-corrected chi connectivity index (χ2v) is 3.67. The maximum absolute atomic E-state index is 11.3. The topological polar surface area (TPSA) is 32.7 Å². The first kappa shape index (κ1) is 8.48. The molecule has 0 aromatic carbocycles. The highest BCUT2D eigenvalue weighted by molar-refractivity contribution is 6.08. The van der Waals surface area contributed by atoms with Gasteiger partial charge < -0.3 is 4.90 Å². The maximum Gasteiger partial charge on any atom is 0.343 e. The van der Waals surface area contributed by atoms with E-state index in [-0.39, 0.29) is 6.03 Å². The Hall–Kier alpha value is -1.12. The van der Waals surface area contributed by atoms with Crippen LogP contribution in [0.2, 0.25) is 0 Å². The van der Waals surface area contributed by atoms with Crippen molar-refractivity contribution in [1.82, 2.24) is 4.90 Å². The number of carbonyl (C=O) groups excluding carboxylic acids is 1. The van der Waals surface area contributed by atoms with Crippen LogP contribution in [0.4, 0.5) is 4.79 Å². The molecule has 2 amide bonds. The van der Waals surface area contributed by atoms with Gasteiger partial charge in [-0.2, -0.15) is 4.99 Å². The van der Waals surface area contributed by atoms with Crippen molar-refractivity contribution in [2.24, 2.45) is 4.99 Å². The Bertz CT molecular complexity index is 291. The van der Waals surface area contributed by atoms with Gasteiger partial charge in [-0.05, 0) is 31.3 Å². The number of rotatable bonds is 0. The van der Waals surface area contributed by atoms with Gasteiger partial charge in [0.05, 0.1) is 5.71 Å². The minimum absolute atomic E-state index is 0.0888. The van der Waals surface area contributed by atoms with Crippen molar-refractivity contribution in [3.63, 3.8) is 0 Å². The highest BCUT2D eigenvalue weighted by atomic mass is 16.2. The molecule has 70 valence electrons. The molecule has 3 heteroatoms. The molecule has 2 rings (SSSR count). The van der Waals surface area contributed by atoms with Gasteiger partial charge in [0.2, 0.25) is 0 Å². The van der Waals surface area contributed by atoms with Crippen LogP contribution < -0.4 is 0 Å². The van der Waals surface area contributed by atoms with Crippen LogP contribution in [0.25, 0.3) is 0 Å². The summed E-state index contributed by atoms with van der Waals surface area (Å²) >= 11 is 0. The average molecular weight is 178 g/mol. The Balaban J connectivity index is 2.30. The van der Waals surface area contributed by atoms with E-state index in [2.05, 4.69) is 11.1 Å². The molecule has 1 aliphatic carbocycles. The van der Waals surface area contributed by atoms with Crippen LogP contribution in [0.3, 0.4) is 0 Å². The summed E-state index contributed by atoms with van der Waals surface area (Å²) in [4.78, 5) is 17.0. The minimum Gasteiger partial charge on any atom is -0.322 e. The highest BCUT2D eigenvalue weighted by Gasteiger charge is 2.21. The predicted molar refractivity (Wildman–Crippen MR) is 52.0 cm³/mol. The monoisotopic (exact) mass is 178 g/mol. The Morgan fingerprint density at radius 3 is 3.15 bits per heavy atom. The number of hydrogen-bond donors (Lipinski definition) is 0. The molecule has 0 saturated heterocycles. The lowest BCUT2D eigenvalue weighted by molar-refractivity contribution is 0.221. The largest absolute Gasteiger partial charge is 0.343 e. The summed E-state index contributed by atoms with van der Waals surface area (Å²) < 4.78 is 0. The lowest BCUT2D eigenvalue weighted by Gasteiger charge is -2.22. The number of urea groups is 1. The third-order valence-corrected chi connectivity index (χ3v) is 2.59. The van der Waals surface area contributed by atoms with Crippen LogP contribution in [0.5, 0.6) is 0 Å². The van der Waals surface area contributed by atoms with Gasteiger partial charge in [-0.1, -0.05) is 6.08 Å². The van der Waals surface area contributed by atoms with Crippen LogP contribution in [0, 0.1) is 0 Å². The molecule has 0 atom stereocenters. The van der Waals surface area contributed by atoms with E-state index in [4.69, 9.17) is 0 Å². The van der Waals surface area contributed by atoms with Crippen LogP contribution in [-0.4, -0.2) is 30.2 Å². The number of hydrogen-bond acceptors (Lipinski definition) is 1. The van der Waals surface area contributed by atoms with E-state index in [0.717, 1.165) is 31.5 Å². The molecule has 0 spiro atoms. The molecule has 3 nitrogen and oxygen atoms in total. The molecular formula is C10H14N2O. The van der Waals surface area contributed by atoms with Gasteiger partial charge in [0.25, 0.3) is 0 Å².